The standard InChI is InChI=1S/C17H25ClN2O2/c1-12-7-8-15(14(18)11-12)20-17(21)19-9-10-22-16-6-4-3-5-13(16)2/h7-8,11,13,16H,3-6,9-10H2,1-2H3,(H2,19,20,21)/t13-,16+/m1/s1. The summed E-state index contributed by atoms with van der Waals surface area (Å²) in [5.74, 6) is 0.619. The van der Waals surface area contributed by atoms with Crippen molar-refractivity contribution in [1.82, 2.24) is 5.32 Å². The molecule has 0 saturated heterocycles. The van der Waals surface area contributed by atoms with Crippen LogP contribution in [0.2, 0.25) is 5.02 Å². The minimum Gasteiger partial charge on any atom is -0.376 e. The predicted octanol–water partition coefficient (Wildman–Crippen LogP) is 4.37. The summed E-state index contributed by atoms with van der Waals surface area (Å²) in [7, 11) is 0. The number of rotatable bonds is 5. The largest absolute Gasteiger partial charge is 0.376 e. The van der Waals surface area contributed by atoms with E-state index in [4.69, 9.17) is 16.3 Å². The number of hydrogen-bond donors (Lipinski definition) is 2. The van der Waals surface area contributed by atoms with Crippen molar-refractivity contribution >= 4 is 23.3 Å². The fourth-order valence-electron chi connectivity index (χ4n) is 2.79. The maximum absolute atomic E-state index is 11.8. The molecule has 2 atom stereocenters. The first kappa shape index (κ1) is 17.1. The van der Waals surface area contributed by atoms with Crippen LogP contribution in [0.4, 0.5) is 10.5 Å². The van der Waals surface area contributed by atoms with Crippen LogP contribution in [0.1, 0.15) is 38.2 Å². The third-order valence-electron chi connectivity index (χ3n) is 4.13. The summed E-state index contributed by atoms with van der Waals surface area (Å²) >= 11 is 6.09. The normalized spacial score (nSPS) is 21.4. The molecule has 0 unspecified atom stereocenters. The average molecular weight is 325 g/mol. The number of urea groups is 1. The first-order chi connectivity index (χ1) is 10.6. The summed E-state index contributed by atoms with van der Waals surface area (Å²) in [5.41, 5.74) is 1.68. The molecule has 0 heterocycles. The maximum atomic E-state index is 11.8. The second-order valence-electron chi connectivity index (χ2n) is 6.04. The van der Waals surface area contributed by atoms with Crippen molar-refractivity contribution in [2.45, 2.75) is 45.6 Å². The highest BCUT2D eigenvalue weighted by molar-refractivity contribution is 6.33. The van der Waals surface area contributed by atoms with Crippen LogP contribution in [0.25, 0.3) is 0 Å². The van der Waals surface area contributed by atoms with Gasteiger partial charge in [0.2, 0.25) is 0 Å². The molecule has 1 aliphatic carbocycles. The molecule has 2 N–H and O–H groups in total. The van der Waals surface area contributed by atoms with Gasteiger partial charge in [-0.1, -0.05) is 37.4 Å². The summed E-state index contributed by atoms with van der Waals surface area (Å²) < 4.78 is 5.87. The monoisotopic (exact) mass is 324 g/mol. The van der Waals surface area contributed by atoms with Gasteiger partial charge in [-0.25, -0.2) is 4.79 Å². The van der Waals surface area contributed by atoms with Crippen LogP contribution in [0.5, 0.6) is 0 Å². The zero-order chi connectivity index (χ0) is 15.9. The SMILES string of the molecule is Cc1ccc(NC(=O)NCCO[C@H]2CCCC[C@H]2C)c(Cl)c1. The third-order valence-corrected chi connectivity index (χ3v) is 4.44. The van der Waals surface area contributed by atoms with E-state index >= 15 is 0 Å². The molecule has 0 aromatic heterocycles. The highest BCUT2D eigenvalue weighted by Gasteiger charge is 2.21. The smallest absolute Gasteiger partial charge is 0.319 e. The number of amides is 2. The number of carbonyl (C=O) groups is 1. The van der Waals surface area contributed by atoms with Gasteiger partial charge in [-0.3, -0.25) is 0 Å². The summed E-state index contributed by atoms with van der Waals surface area (Å²) in [5, 5.41) is 6.08. The summed E-state index contributed by atoms with van der Waals surface area (Å²) in [6.45, 7) is 5.24. The Morgan fingerprint density at radius 2 is 2.14 bits per heavy atom. The molecular weight excluding hydrogens is 300 g/mol. The summed E-state index contributed by atoms with van der Waals surface area (Å²) in [4.78, 5) is 11.8. The van der Waals surface area contributed by atoms with E-state index in [1.165, 1.54) is 19.3 Å². The second kappa shape index (κ2) is 8.39. The van der Waals surface area contributed by atoms with Gasteiger partial charge in [-0.2, -0.15) is 0 Å². The van der Waals surface area contributed by atoms with E-state index < -0.39 is 0 Å². The van der Waals surface area contributed by atoms with Gasteiger partial charge in [0.15, 0.2) is 0 Å². The van der Waals surface area contributed by atoms with Crippen molar-refractivity contribution in [2.24, 2.45) is 5.92 Å². The number of aryl methyl sites for hydroxylation is 1. The highest BCUT2D eigenvalue weighted by atomic mass is 35.5. The topological polar surface area (TPSA) is 50.4 Å². The van der Waals surface area contributed by atoms with Crippen molar-refractivity contribution in [1.29, 1.82) is 0 Å². The van der Waals surface area contributed by atoms with Crippen LogP contribution in [0, 0.1) is 12.8 Å². The lowest BCUT2D eigenvalue weighted by atomic mass is 9.88. The molecule has 122 valence electrons. The lowest BCUT2D eigenvalue weighted by molar-refractivity contribution is -0.00232. The molecule has 0 bridgehead atoms. The molecule has 0 radical (unpaired) electrons. The van der Waals surface area contributed by atoms with E-state index in [-0.39, 0.29) is 6.03 Å². The van der Waals surface area contributed by atoms with Crippen molar-refractivity contribution in [3.05, 3.63) is 28.8 Å². The zero-order valence-corrected chi connectivity index (χ0v) is 14.1. The van der Waals surface area contributed by atoms with E-state index in [0.29, 0.717) is 35.9 Å². The lowest BCUT2D eigenvalue weighted by Gasteiger charge is -2.28. The van der Waals surface area contributed by atoms with Crippen molar-refractivity contribution in [2.75, 3.05) is 18.5 Å². The van der Waals surface area contributed by atoms with E-state index in [9.17, 15) is 4.79 Å². The number of carbonyl (C=O) groups excluding carboxylic acids is 1. The minimum absolute atomic E-state index is 0.258. The molecule has 5 heteroatoms. The Hall–Kier alpha value is -1.26. The first-order valence-electron chi connectivity index (χ1n) is 7.99. The fourth-order valence-corrected chi connectivity index (χ4v) is 3.08. The Morgan fingerprint density at radius 1 is 1.36 bits per heavy atom. The Morgan fingerprint density at radius 3 is 2.86 bits per heavy atom. The molecule has 1 aromatic rings. The van der Waals surface area contributed by atoms with Gasteiger partial charge < -0.3 is 15.4 Å². The van der Waals surface area contributed by atoms with Crippen LogP contribution in [0.15, 0.2) is 18.2 Å². The number of nitrogens with one attached hydrogen (secondary N) is 2. The minimum atomic E-state index is -0.258. The lowest BCUT2D eigenvalue weighted by Crippen LogP contribution is -2.34. The molecule has 2 amide bonds. The second-order valence-corrected chi connectivity index (χ2v) is 6.44. The van der Waals surface area contributed by atoms with E-state index in [0.717, 1.165) is 12.0 Å². The number of ether oxygens (including phenoxy) is 1. The van der Waals surface area contributed by atoms with Gasteiger partial charge in [0.05, 0.1) is 23.4 Å². The van der Waals surface area contributed by atoms with Gasteiger partial charge in [-0.05, 0) is 43.4 Å². The fraction of sp³-hybridized carbons (Fsp3) is 0.588. The molecule has 1 saturated carbocycles. The Labute approximate surface area is 137 Å². The summed E-state index contributed by atoms with van der Waals surface area (Å²) in [6.07, 6.45) is 5.26. The predicted molar refractivity (Wildman–Crippen MR) is 90.6 cm³/mol. The van der Waals surface area contributed by atoms with Crippen LogP contribution >= 0.6 is 11.6 Å². The van der Waals surface area contributed by atoms with Gasteiger partial charge in [-0.15, -0.1) is 0 Å². The Bertz CT molecular complexity index is 507. The van der Waals surface area contributed by atoms with Crippen LogP contribution in [-0.4, -0.2) is 25.3 Å². The highest BCUT2D eigenvalue weighted by Crippen LogP contribution is 2.26. The van der Waals surface area contributed by atoms with Crippen LogP contribution in [-0.2, 0) is 4.74 Å². The van der Waals surface area contributed by atoms with Gasteiger partial charge in [0.1, 0.15) is 0 Å². The molecule has 22 heavy (non-hydrogen) atoms. The molecule has 2 rings (SSSR count). The van der Waals surface area contributed by atoms with Crippen molar-refractivity contribution < 1.29 is 9.53 Å². The van der Waals surface area contributed by atoms with Gasteiger partial charge in [0.25, 0.3) is 0 Å². The first-order valence-corrected chi connectivity index (χ1v) is 8.36. The molecule has 1 fully saturated rings. The van der Waals surface area contributed by atoms with Gasteiger partial charge >= 0.3 is 6.03 Å². The van der Waals surface area contributed by atoms with E-state index in [1.807, 2.05) is 19.1 Å². The Kier molecular flexibility index (Phi) is 6.52. The van der Waals surface area contributed by atoms with Crippen LogP contribution < -0.4 is 10.6 Å². The molecule has 0 spiro atoms. The molecule has 1 aliphatic rings. The van der Waals surface area contributed by atoms with Crippen LogP contribution in [0.3, 0.4) is 0 Å². The van der Waals surface area contributed by atoms with E-state index in [1.54, 1.807) is 6.07 Å². The zero-order valence-electron chi connectivity index (χ0n) is 13.3. The summed E-state index contributed by atoms with van der Waals surface area (Å²) in [6, 6.07) is 5.28. The third kappa shape index (κ3) is 5.18. The molecule has 0 aliphatic heterocycles. The molecule has 4 nitrogen and oxygen atoms in total. The average Bonchev–Trinajstić information content (AvgIpc) is 2.48. The molecule has 1 aromatic carbocycles. The van der Waals surface area contributed by atoms with E-state index in [2.05, 4.69) is 17.6 Å². The van der Waals surface area contributed by atoms with Gasteiger partial charge in [0, 0.05) is 6.54 Å². The number of halogens is 1. The number of hydrogen-bond acceptors (Lipinski definition) is 2. The van der Waals surface area contributed by atoms with Crippen molar-refractivity contribution in [3.63, 3.8) is 0 Å². The van der Waals surface area contributed by atoms with Crippen molar-refractivity contribution in [3.8, 4) is 0 Å². The quantitative estimate of drug-likeness (QED) is 0.790. The Balaban J connectivity index is 1.67. The number of anilines is 1. The number of benzene rings is 1. The molecular formula is C17H25ClN2O2. The maximum Gasteiger partial charge on any atom is 0.319 e.